The van der Waals surface area contributed by atoms with Gasteiger partial charge in [0.1, 0.15) is 5.82 Å². The predicted octanol–water partition coefficient (Wildman–Crippen LogP) is 2.17. The smallest absolute Gasteiger partial charge is 0.241 e. The highest BCUT2D eigenvalue weighted by atomic mass is 35.5. The molecule has 1 amide bonds. The van der Waals surface area contributed by atoms with Gasteiger partial charge in [0.25, 0.3) is 0 Å². The molecule has 16 heavy (non-hydrogen) atoms. The summed E-state index contributed by atoms with van der Waals surface area (Å²) in [5.41, 5.74) is 0.392. The topological polar surface area (TPSA) is 41.1 Å². The number of anilines is 1. The van der Waals surface area contributed by atoms with Crippen LogP contribution in [0.15, 0.2) is 18.2 Å². The Labute approximate surface area is 98.0 Å². The van der Waals surface area contributed by atoms with Gasteiger partial charge in [0.05, 0.1) is 6.04 Å². The second-order valence-corrected chi connectivity index (χ2v) is 4.23. The van der Waals surface area contributed by atoms with Crippen molar-refractivity contribution in [2.75, 3.05) is 11.9 Å². The minimum atomic E-state index is -0.456. The summed E-state index contributed by atoms with van der Waals surface area (Å²) in [6.07, 6.45) is 1.80. The van der Waals surface area contributed by atoms with Crippen LogP contribution < -0.4 is 10.6 Å². The Bertz CT molecular complexity index is 385. The van der Waals surface area contributed by atoms with E-state index in [0.717, 1.165) is 19.4 Å². The summed E-state index contributed by atoms with van der Waals surface area (Å²) in [5.74, 6) is -0.596. The Morgan fingerprint density at radius 1 is 1.50 bits per heavy atom. The van der Waals surface area contributed by atoms with Crippen LogP contribution in [0.25, 0.3) is 0 Å². The fraction of sp³-hybridized carbons (Fsp3) is 0.364. The van der Waals surface area contributed by atoms with Crippen LogP contribution in [0, 0.1) is 5.82 Å². The maximum Gasteiger partial charge on any atom is 0.241 e. The monoisotopic (exact) mass is 242 g/mol. The Morgan fingerprint density at radius 2 is 2.31 bits per heavy atom. The van der Waals surface area contributed by atoms with Crippen LogP contribution in [0.2, 0.25) is 5.02 Å². The van der Waals surface area contributed by atoms with Crippen molar-refractivity contribution in [3.8, 4) is 0 Å². The Morgan fingerprint density at radius 3 is 2.94 bits per heavy atom. The molecule has 0 bridgehead atoms. The Hall–Kier alpha value is -1.13. The Balaban J connectivity index is 2.05. The molecule has 1 heterocycles. The van der Waals surface area contributed by atoms with E-state index in [9.17, 15) is 9.18 Å². The van der Waals surface area contributed by atoms with E-state index >= 15 is 0 Å². The van der Waals surface area contributed by atoms with E-state index in [1.807, 2.05) is 0 Å². The normalized spacial score (nSPS) is 19.8. The van der Waals surface area contributed by atoms with Crippen LogP contribution in [0.3, 0.4) is 0 Å². The zero-order chi connectivity index (χ0) is 11.5. The second kappa shape index (κ2) is 4.80. The molecular weight excluding hydrogens is 231 g/mol. The van der Waals surface area contributed by atoms with Crippen molar-refractivity contribution in [1.82, 2.24) is 5.32 Å². The molecule has 0 radical (unpaired) electrons. The summed E-state index contributed by atoms with van der Waals surface area (Å²) in [6.45, 7) is 0.849. The number of rotatable bonds is 2. The SMILES string of the molecule is O=C(Nc1cc(F)cc(Cl)c1)C1CCCN1. The van der Waals surface area contributed by atoms with Gasteiger partial charge in [0.15, 0.2) is 0 Å². The summed E-state index contributed by atoms with van der Waals surface area (Å²) in [5, 5.41) is 5.98. The van der Waals surface area contributed by atoms with Gasteiger partial charge in [-0.25, -0.2) is 4.39 Å². The molecule has 0 spiro atoms. The first-order chi connectivity index (χ1) is 7.65. The van der Waals surface area contributed by atoms with E-state index in [4.69, 9.17) is 11.6 Å². The molecule has 1 atom stereocenters. The van der Waals surface area contributed by atoms with Gasteiger partial charge in [-0.2, -0.15) is 0 Å². The average Bonchev–Trinajstić information content (AvgIpc) is 2.68. The number of nitrogens with one attached hydrogen (secondary N) is 2. The van der Waals surface area contributed by atoms with Gasteiger partial charge in [0, 0.05) is 10.7 Å². The average molecular weight is 243 g/mol. The summed E-state index contributed by atoms with van der Waals surface area (Å²) in [6, 6.07) is 3.79. The largest absolute Gasteiger partial charge is 0.325 e. The van der Waals surface area contributed by atoms with Crippen LogP contribution in [0.4, 0.5) is 10.1 Å². The highest BCUT2D eigenvalue weighted by Gasteiger charge is 2.21. The number of amides is 1. The van der Waals surface area contributed by atoms with E-state index in [-0.39, 0.29) is 17.0 Å². The lowest BCUT2D eigenvalue weighted by Crippen LogP contribution is -2.35. The fourth-order valence-electron chi connectivity index (χ4n) is 1.76. The quantitative estimate of drug-likeness (QED) is 0.835. The molecule has 5 heteroatoms. The first-order valence-corrected chi connectivity index (χ1v) is 5.53. The zero-order valence-electron chi connectivity index (χ0n) is 8.59. The van der Waals surface area contributed by atoms with E-state index in [2.05, 4.69) is 10.6 Å². The number of benzene rings is 1. The Kier molecular flexibility index (Phi) is 3.41. The van der Waals surface area contributed by atoms with Gasteiger partial charge >= 0.3 is 0 Å². The van der Waals surface area contributed by atoms with E-state index in [1.165, 1.54) is 18.2 Å². The van der Waals surface area contributed by atoms with Crippen molar-refractivity contribution in [2.24, 2.45) is 0 Å². The maximum absolute atomic E-state index is 13.0. The van der Waals surface area contributed by atoms with Crippen molar-refractivity contribution in [1.29, 1.82) is 0 Å². The molecule has 0 saturated carbocycles. The molecular formula is C11H12ClFN2O. The first kappa shape index (κ1) is 11.4. The molecule has 0 aromatic heterocycles. The fourth-order valence-corrected chi connectivity index (χ4v) is 1.99. The van der Waals surface area contributed by atoms with Crippen molar-refractivity contribution in [2.45, 2.75) is 18.9 Å². The van der Waals surface area contributed by atoms with Gasteiger partial charge in [-0.1, -0.05) is 11.6 Å². The number of carbonyl (C=O) groups is 1. The van der Waals surface area contributed by atoms with Gasteiger partial charge in [0.2, 0.25) is 5.91 Å². The lowest BCUT2D eigenvalue weighted by molar-refractivity contribution is -0.117. The summed E-state index contributed by atoms with van der Waals surface area (Å²) in [7, 11) is 0. The highest BCUT2D eigenvalue weighted by Crippen LogP contribution is 2.18. The van der Waals surface area contributed by atoms with Crippen LogP contribution in [0.5, 0.6) is 0 Å². The molecule has 1 fully saturated rings. The third-order valence-corrected chi connectivity index (χ3v) is 2.73. The van der Waals surface area contributed by atoms with E-state index < -0.39 is 5.82 Å². The van der Waals surface area contributed by atoms with Crippen molar-refractivity contribution in [3.05, 3.63) is 29.0 Å². The summed E-state index contributed by atoms with van der Waals surface area (Å²) < 4.78 is 13.0. The molecule has 1 saturated heterocycles. The molecule has 3 nitrogen and oxygen atoms in total. The lowest BCUT2D eigenvalue weighted by Gasteiger charge is -2.11. The van der Waals surface area contributed by atoms with Crippen molar-refractivity contribution >= 4 is 23.2 Å². The number of hydrogen-bond acceptors (Lipinski definition) is 2. The minimum absolute atomic E-state index is 0.140. The minimum Gasteiger partial charge on any atom is -0.325 e. The third-order valence-electron chi connectivity index (χ3n) is 2.51. The number of halogens is 2. The molecule has 1 aromatic rings. The van der Waals surface area contributed by atoms with Crippen molar-refractivity contribution < 1.29 is 9.18 Å². The molecule has 1 aromatic carbocycles. The van der Waals surface area contributed by atoms with Gasteiger partial charge in [-0.3, -0.25) is 4.79 Å². The lowest BCUT2D eigenvalue weighted by atomic mass is 10.2. The molecule has 1 aliphatic heterocycles. The zero-order valence-corrected chi connectivity index (χ0v) is 9.35. The predicted molar refractivity (Wildman–Crippen MR) is 61.1 cm³/mol. The summed E-state index contributed by atoms with van der Waals surface area (Å²) in [4.78, 5) is 11.7. The van der Waals surface area contributed by atoms with Crippen molar-refractivity contribution in [3.63, 3.8) is 0 Å². The molecule has 0 aliphatic carbocycles. The van der Waals surface area contributed by atoms with Crippen LogP contribution >= 0.6 is 11.6 Å². The second-order valence-electron chi connectivity index (χ2n) is 3.80. The van der Waals surface area contributed by atoms with Gasteiger partial charge in [-0.15, -0.1) is 0 Å². The molecule has 1 unspecified atom stereocenters. The molecule has 2 rings (SSSR count). The first-order valence-electron chi connectivity index (χ1n) is 5.15. The van der Waals surface area contributed by atoms with Crippen LogP contribution in [0.1, 0.15) is 12.8 Å². The van der Waals surface area contributed by atoms with Gasteiger partial charge < -0.3 is 10.6 Å². The summed E-state index contributed by atoms with van der Waals surface area (Å²) >= 11 is 5.69. The van der Waals surface area contributed by atoms with Crippen LogP contribution in [-0.2, 0) is 4.79 Å². The van der Waals surface area contributed by atoms with E-state index in [1.54, 1.807) is 0 Å². The standard InChI is InChI=1S/C11H12ClFN2O/c12-7-4-8(13)6-9(5-7)15-11(16)10-2-1-3-14-10/h4-6,10,14H,1-3H2,(H,15,16). The van der Waals surface area contributed by atoms with Crippen LogP contribution in [-0.4, -0.2) is 18.5 Å². The third kappa shape index (κ3) is 2.71. The molecule has 1 aliphatic rings. The maximum atomic E-state index is 13.0. The molecule has 2 N–H and O–H groups in total. The van der Waals surface area contributed by atoms with Gasteiger partial charge in [-0.05, 0) is 37.6 Å². The number of hydrogen-bond donors (Lipinski definition) is 2. The molecule has 86 valence electrons. The highest BCUT2D eigenvalue weighted by molar-refractivity contribution is 6.30. The van der Waals surface area contributed by atoms with E-state index in [0.29, 0.717) is 5.69 Å². The number of carbonyl (C=O) groups excluding carboxylic acids is 1.